The second-order valence-corrected chi connectivity index (χ2v) is 15.8. The van der Waals surface area contributed by atoms with E-state index < -0.39 is 0 Å². The zero-order valence-electron chi connectivity index (χ0n) is 32.8. The van der Waals surface area contributed by atoms with Crippen molar-refractivity contribution in [2.45, 2.75) is 19.3 Å². The number of rotatable bonds is 8. The minimum atomic E-state index is -0.173. The molecule has 0 saturated heterocycles. The van der Waals surface area contributed by atoms with Crippen molar-refractivity contribution >= 4 is 17.1 Å². The van der Waals surface area contributed by atoms with E-state index >= 15 is 0 Å². The highest BCUT2D eigenvalue weighted by Crippen LogP contribution is 2.51. The molecule has 1 nitrogen and oxygen atoms in total. The molecule has 0 bridgehead atoms. The molecule has 0 unspecified atom stereocenters. The number of hydrogen-bond donors (Lipinski definition) is 0. The maximum atomic E-state index is 2.42. The van der Waals surface area contributed by atoms with Crippen LogP contribution in [0.25, 0.3) is 66.8 Å². The predicted molar refractivity (Wildman–Crippen MR) is 246 cm³/mol. The van der Waals surface area contributed by atoms with E-state index in [0.29, 0.717) is 0 Å². The number of nitrogens with zero attached hydrogens (tertiary/aromatic N) is 1. The lowest BCUT2D eigenvalue weighted by Crippen LogP contribution is -2.16. The molecule has 0 amide bonds. The van der Waals surface area contributed by atoms with E-state index in [1.165, 1.54) is 77.9 Å². The molecule has 0 N–H and O–H groups in total. The molecule has 9 aromatic rings. The van der Waals surface area contributed by atoms with Crippen LogP contribution in [0.1, 0.15) is 25.0 Å². The van der Waals surface area contributed by atoms with Crippen molar-refractivity contribution in [1.82, 2.24) is 0 Å². The molecular weight excluding hydrogens is 699 g/mol. The summed E-state index contributed by atoms with van der Waals surface area (Å²) < 4.78 is 0. The fourth-order valence-corrected chi connectivity index (χ4v) is 8.72. The zero-order valence-corrected chi connectivity index (χ0v) is 32.8. The summed E-state index contributed by atoms with van der Waals surface area (Å²) in [4.78, 5) is 2.38. The summed E-state index contributed by atoms with van der Waals surface area (Å²) in [5.74, 6) is 0. The van der Waals surface area contributed by atoms with Gasteiger partial charge < -0.3 is 4.90 Å². The summed E-state index contributed by atoms with van der Waals surface area (Å²) in [7, 11) is 0. The Labute approximate surface area is 342 Å². The molecule has 1 heteroatoms. The van der Waals surface area contributed by atoms with E-state index in [2.05, 4.69) is 243 Å². The van der Waals surface area contributed by atoms with Gasteiger partial charge in [-0.15, -0.1) is 0 Å². The predicted octanol–water partition coefficient (Wildman–Crippen LogP) is 15.8. The van der Waals surface area contributed by atoms with Gasteiger partial charge >= 0.3 is 0 Å². The highest BCUT2D eigenvalue weighted by Gasteiger charge is 2.36. The van der Waals surface area contributed by atoms with Crippen molar-refractivity contribution in [3.63, 3.8) is 0 Å². The van der Waals surface area contributed by atoms with Crippen LogP contribution in [0.5, 0.6) is 0 Å². The van der Waals surface area contributed by atoms with Crippen molar-refractivity contribution in [3.05, 3.63) is 236 Å². The van der Waals surface area contributed by atoms with Crippen LogP contribution in [0.4, 0.5) is 17.1 Å². The average molecular weight is 742 g/mol. The van der Waals surface area contributed by atoms with Gasteiger partial charge in [0.15, 0.2) is 0 Å². The molecule has 0 aromatic heterocycles. The van der Waals surface area contributed by atoms with Gasteiger partial charge in [0, 0.05) is 22.5 Å². The Morgan fingerprint density at radius 3 is 1.12 bits per heavy atom. The molecule has 10 rings (SSSR count). The molecular formula is C57H43N. The number of anilines is 3. The van der Waals surface area contributed by atoms with Gasteiger partial charge in [0.25, 0.3) is 0 Å². The van der Waals surface area contributed by atoms with Gasteiger partial charge in [0.05, 0.1) is 0 Å². The van der Waals surface area contributed by atoms with E-state index in [1.807, 2.05) is 0 Å². The molecule has 0 radical (unpaired) electrons. The molecule has 0 saturated carbocycles. The van der Waals surface area contributed by atoms with E-state index in [4.69, 9.17) is 0 Å². The standard InChI is InChI=1S/C57H43N/c1-57(2)55-38-49(45-27-25-44(26-28-45)43-23-21-42(22-24-43)40-13-6-3-7-14-40)31-35-53(55)54-36-34-52(39-56(54)57)58(50-19-10-5-11-20-50)51-32-29-46(30-33-51)48-18-12-17-47(37-48)41-15-8-4-9-16-41/h3-39H,1-2H3. The highest BCUT2D eigenvalue weighted by atomic mass is 15.1. The van der Waals surface area contributed by atoms with E-state index in [0.717, 1.165) is 17.1 Å². The van der Waals surface area contributed by atoms with Crippen molar-refractivity contribution in [3.8, 4) is 66.8 Å². The van der Waals surface area contributed by atoms with Crippen LogP contribution in [0.3, 0.4) is 0 Å². The Morgan fingerprint density at radius 1 is 0.259 bits per heavy atom. The Balaban J connectivity index is 0.938. The second-order valence-electron chi connectivity index (χ2n) is 15.8. The molecule has 0 heterocycles. The number of hydrogen-bond acceptors (Lipinski definition) is 1. The molecule has 276 valence electrons. The Hall–Kier alpha value is -7.22. The number of benzene rings is 9. The molecule has 0 fully saturated rings. The van der Waals surface area contributed by atoms with Crippen molar-refractivity contribution in [2.75, 3.05) is 4.90 Å². The van der Waals surface area contributed by atoms with Crippen LogP contribution in [-0.2, 0) is 5.41 Å². The van der Waals surface area contributed by atoms with Crippen molar-refractivity contribution < 1.29 is 0 Å². The third kappa shape index (κ3) is 6.51. The molecule has 0 spiro atoms. The smallest absolute Gasteiger partial charge is 0.0465 e. The average Bonchev–Trinajstić information content (AvgIpc) is 3.52. The third-order valence-corrected chi connectivity index (χ3v) is 11.9. The zero-order chi connectivity index (χ0) is 39.1. The normalized spacial score (nSPS) is 12.4. The van der Waals surface area contributed by atoms with Gasteiger partial charge in [-0.25, -0.2) is 0 Å². The van der Waals surface area contributed by atoms with Crippen LogP contribution in [0, 0.1) is 0 Å². The van der Waals surface area contributed by atoms with Crippen LogP contribution in [0.2, 0.25) is 0 Å². The minimum Gasteiger partial charge on any atom is -0.310 e. The topological polar surface area (TPSA) is 3.24 Å². The third-order valence-electron chi connectivity index (χ3n) is 11.9. The molecule has 1 aliphatic carbocycles. The monoisotopic (exact) mass is 741 g/mol. The van der Waals surface area contributed by atoms with Gasteiger partial charge in [-0.1, -0.05) is 190 Å². The van der Waals surface area contributed by atoms with E-state index in [1.54, 1.807) is 0 Å². The Bertz CT molecular complexity index is 2850. The van der Waals surface area contributed by atoms with Gasteiger partial charge in [-0.3, -0.25) is 0 Å². The quantitative estimate of drug-likeness (QED) is 0.150. The summed E-state index contributed by atoms with van der Waals surface area (Å²) in [5, 5.41) is 0. The van der Waals surface area contributed by atoms with E-state index in [-0.39, 0.29) is 5.41 Å². The molecule has 0 atom stereocenters. The lowest BCUT2D eigenvalue weighted by Gasteiger charge is -2.28. The highest BCUT2D eigenvalue weighted by molar-refractivity contribution is 5.88. The van der Waals surface area contributed by atoms with Crippen LogP contribution < -0.4 is 4.90 Å². The first-order valence-corrected chi connectivity index (χ1v) is 20.2. The maximum Gasteiger partial charge on any atom is 0.0465 e. The summed E-state index contributed by atoms with van der Waals surface area (Å²) in [6.07, 6.45) is 0. The SMILES string of the molecule is CC1(C)c2cc(-c3ccc(-c4ccc(-c5ccccc5)cc4)cc3)ccc2-c2ccc(N(c3ccccc3)c3ccc(-c4cccc(-c5ccccc5)c4)cc3)cc21. The molecule has 9 aromatic carbocycles. The first-order valence-electron chi connectivity index (χ1n) is 20.2. The van der Waals surface area contributed by atoms with Gasteiger partial charge in [0.2, 0.25) is 0 Å². The second kappa shape index (κ2) is 14.7. The van der Waals surface area contributed by atoms with Gasteiger partial charge in [-0.05, 0) is 126 Å². The number of para-hydroxylation sites is 1. The summed E-state index contributed by atoms with van der Waals surface area (Å²) in [6.45, 7) is 4.75. The Morgan fingerprint density at radius 2 is 0.586 bits per heavy atom. The molecule has 0 aliphatic heterocycles. The first-order chi connectivity index (χ1) is 28.5. The maximum absolute atomic E-state index is 2.42. The van der Waals surface area contributed by atoms with Crippen LogP contribution >= 0.6 is 0 Å². The summed E-state index contributed by atoms with van der Waals surface area (Å²) in [5.41, 5.74) is 20.8. The van der Waals surface area contributed by atoms with Crippen LogP contribution in [0.15, 0.2) is 224 Å². The van der Waals surface area contributed by atoms with E-state index in [9.17, 15) is 0 Å². The van der Waals surface area contributed by atoms with Crippen molar-refractivity contribution in [2.24, 2.45) is 0 Å². The molecule has 1 aliphatic rings. The fraction of sp³-hybridized carbons (Fsp3) is 0.0526. The fourth-order valence-electron chi connectivity index (χ4n) is 8.72. The summed E-state index contributed by atoms with van der Waals surface area (Å²) >= 11 is 0. The van der Waals surface area contributed by atoms with Gasteiger partial charge in [-0.2, -0.15) is 0 Å². The number of fused-ring (bicyclic) bond motifs is 3. The lowest BCUT2D eigenvalue weighted by molar-refractivity contribution is 0.660. The molecule has 58 heavy (non-hydrogen) atoms. The minimum absolute atomic E-state index is 0.173. The largest absolute Gasteiger partial charge is 0.310 e. The Kier molecular flexibility index (Phi) is 8.92. The summed E-state index contributed by atoms with van der Waals surface area (Å²) in [6, 6.07) is 81.6. The first kappa shape index (κ1) is 35.2. The van der Waals surface area contributed by atoms with Crippen molar-refractivity contribution in [1.29, 1.82) is 0 Å². The van der Waals surface area contributed by atoms with Gasteiger partial charge in [0.1, 0.15) is 0 Å². The lowest BCUT2D eigenvalue weighted by atomic mass is 9.81. The van der Waals surface area contributed by atoms with Crippen LogP contribution in [-0.4, -0.2) is 0 Å².